The first-order chi connectivity index (χ1) is 11.6. The lowest BCUT2D eigenvalue weighted by Gasteiger charge is -2.29. The van der Waals surface area contributed by atoms with Gasteiger partial charge in [-0.25, -0.2) is 8.42 Å². The van der Waals surface area contributed by atoms with Crippen molar-refractivity contribution in [3.63, 3.8) is 0 Å². The number of piperidine rings is 1. The zero-order valence-corrected chi connectivity index (χ0v) is 16.2. The number of benzene rings is 1. The summed E-state index contributed by atoms with van der Waals surface area (Å²) in [5, 5.41) is 3.42. The number of nitrogens with one attached hydrogen (secondary N) is 1. The fraction of sp³-hybridized carbons (Fsp3) is 0.667. The highest BCUT2D eigenvalue weighted by molar-refractivity contribution is 7.89. The van der Waals surface area contributed by atoms with Crippen molar-refractivity contribution >= 4 is 28.1 Å². The molecule has 0 saturated carbocycles. The minimum Gasteiger partial charge on any atom is -0.371 e. The Balaban J connectivity index is 0.00000182. The molecule has 1 aromatic carbocycles. The van der Waals surface area contributed by atoms with Crippen LogP contribution in [0, 0.1) is 5.92 Å². The minimum atomic E-state index is -3.32. The lowest BCUT2D eigenvalue weighted by Crippen LogP contribution is -2.35. The van der Waals surface area contributed by atoms with Crippen molar-refractivity contribution < 1.29 is 8.42 Å². The number of anilines is 1. The van der Waals surface area contributed by atoms with Crippen LogP contribution in [-0.2, 0) is 16.4 Å². The highest BCUT2D eigenvalue weighted by atomic mass is 35.5. The number of halogens is 1. The van der Waals surface area contributed by atoms with Crippen molar-refractivity contribution in [1.82, 2.24) is 9.62 Å². The molecule has 3 aliphatic heterocycles. The van der Waals surface area contributed by atoms with E-state index < -0.39 is 10.0 Å². The Hall–Kier alpha value is -0.820. The summed E-state index contributed by atoms with van der Waals surface area (Å²) < 4.78 is 27.3. The molecule has 3 heterocycles. The Bertz CT molecular complexity index is 698. The zero-order valence-electron chi connectivity index (χ0n) is 14.6. The molecule has 0 aromatic heterocycles. The van der Waals surface area contributed by atoms with Crippen molar-refractivity contribution in [1.29, 1.82) is 0 Å². The average molecular weight is 386 g/mol. The van der Waals surface area contributed by atoms with Crippen LogP contribution in [0.3, 0.4) is 0 Å². The maximum atomic E-state index is 12.8. The van der Waals surface area contributed by atoms with Gasteiger partial charge in [-0.05, 0) is 68.8 Å². The minimum absolute atomic E-state index is 0. The van der Waals surface area contributed by atoms with Crippen molar-refractivity contribution in [2.75, 3.05) is 44.2 Å². The largest absolute Gasteiger partial charge is 0.371 e. The first-order valence-electron chi connectivity index (χ1n) is 9.23. The molecule has 7 heteroatoms. The summed E-state index contributed by atoms with van der Waals surface area (Å²) in [7, 11) is -3.32. The third kappa shape index (κ3) is 3.82. The number of fused-ring (bicyclic) bond motifs is 1. The van der Waals surface area contributed by atoms with Crippen LogP contribution in [0.1, 0.15) is 31.2 Å². The molecule has 0 bridgehead atoms. The second kappa shape index (κ2) is 7.82. The van der Waals surface area contributed by atoms with Gasteiger partial charge in [-0.1, -0.05) is 6.07 Å². The van der Waals surface area contributed by atoms with Crippen LogP contribution in [0.25, 0.3) is 0 Å². The van der Waals surface area contributed by atoms with Gasteiger partial charge in [-0.15, -0.1) is 12.4 Å². The van der Waals surface area contributed by atoms with E-state index in [4.69, 9.17) is 0 Å². The lowest BCUT2D eigenvalue weighted by atomic mass is 9.97. The van der Waals surface area contributed by atoms with Crippen molar-refractivity contribution in [3.8, 4) is 0 Å². The maximum absolute atomic E-state index is 12.8. The number of hydrogen-bond acceptors (Lipinski definition) is 4. The normalized spacial score (nSPS) is 22.0. The van der Waals surface area contributed by atoms with Crippen LogP contribution in [0.2, 0.25) is 0 Å². The second-order valence-corrected chi connectivity index (χ2v) is 9.23. The molecule has 0 spiro atoms. The standard InChI is InChI=1S/C18H27N3O2S.ClH/c22-24(23,21-10-1-2-11-21)17-4-3-16-7-12-20(18(16)13-17)14-15-5-8-19-9-6-15;/h3-4,13,15,19H,1-2,5-12,14H2;1H. The third-order valence-electron chi connectivity index (χ3n) is 5.69. The molecule has 2 fully saturated rings. The summed E-state index contributed by atoms with van der Waals surface area (Å²) in [5.41, 5.74) is 2.44. The van der Waals surface area contributed by atoms with Crippen LogP contribution in [0.4, 0.5) is 5.69 Å². The topological polar surface area (TPSA) is 52.7 Å². The quantitative estimate of drug-likeness (QED) is 0.863. The van der Waals surface area contributed by atoms with Crippen LogP contribution in [0.15, 0.2) is 23.1 Å². The van der Waals surface area contributed by atoms with Gasteiger partial charge in [0.15, 0.2) is 0 Å². The van der Waals surface area contributed by atoms with Gasteiger partial charge in [-0.3, -0.25) is 0 Å². The summed E-state index contributed by atoms with van der Waals surface area (Å²) in [6.07, 6.45) is 5.43. The summed E-state index contributed by atoms with van der Waals surface area (Å²) >= 11 is 0. The van der Waals surface area contributed by atoms with E-state index in [1.165, 1.54) is 18.4 Å². The van der Waals surface area contributed by atoms with Gasteiger partial charge < -0.3 is 10.2 Å². The van der Waals surface area contributed by atoms with Crippen LogP contribution in [0.5, 0.6) is 0 Å². The van der Waals surface area contributed by atoms with E-state index in [1.54, 1.807) is 10.4 Å². The SMILES string of the molecule is Cl.O=S(=O)(c1ccc2c(c1)N(CC1CCNCC1)CC2)N1CCCC1. The highest BCUT2D eigenvalue weighted by Gasteiger charge is 2.30. The van der Waals surface area contributed by atoms with Gasteiger partial charge in [0.1, 0.15) is 0 Å². The molecule has 0 atom stereocenters. The van der Waals surface area contributed by atoms with Gasteiger partial charge in [0.25, 0.3) is 0 Å². The molecule has 3 aliphatic rings. The summed E-state index contributed by atoms with van der Waals surface area (Å²) in [4.78, 5) is 2.88. The third-order valence-corrected chi connectivity index (χ3v) is 7.58. The summed E-state index contributed by atoms with van der Waals surface area (Å²) in [6.45, 7) is 5.62. The van der Waals surface area contributed by atoms with Crippen LogP contribution >= 0.6 is 12.4 Å². The molecule has 4 rings (SSSR count). The molecule has 0 radical (unpaired) electrons. The van der Waals surface area contributed by atoms with Gasteiger partial charge in [0, 0.05) is 31.9 Å². The molecule has 1 N–H and O–H groups in total. The fourth-order valence-electron chi connectivity index (χ4n) is 4.23. The summed E-state index contributed by atoms with van der Waals surface area (Å²) in [5.74, 6) is 0.719. The Labute approximate surface area is 157 Å². The van der Waals surface area contributed by atoms with Gasteiger partial charge in [-0.2, -0.15) is 4.31 Å². The molecule has 0 unspecified atom stereocenters. The molecular weight excluding hydrogens is 358 g/mol. The van der Waals surface area contributed by atoms with Crippen molar-refractivity contribution in [2.24, 2.45) is 5.92 Å². The molecular formula is C18H28ClN3O2S. The molecule has 140 valence electrons. The monoisotopic (exact) mass is 385 g/mol. The predicted octanol–water partition coefficient (Wildman–Crippen LogP) is 2.25. The van der Waals surface area contributed by atoms with Crippen molar-refractivity contribution in [2.45, 2.75) is 37.0 Å². The van der Waals surface area contributed by atoms with E-state index in [9.17, 15) is 8.42 Å². The average Bonchev–Trinajstić information content (AvgIpc) is 3.26. The van der Waals surface area contributed by atoms with E-state index in [0.29, 0.717) is 18.0 Å². The zero-order chi connectivity index (χ0) is 16.6. The molecule has 0 aliphatic carbocycles. The summed E-state index contributed by atoms with van der Waals surface area (Å²) in [6, 6.07) is 5.76. The molecule has 25 heavy (non-hydrogen) atoms. The molecule has 5 nitrogen and oxygen atoms in total. The van der Waals surface area contributed by atoms with E-state index in [0.717, 1.165) is 57.0 Å². The van der Waals surface area contributed by atoms with Gasteiger partial charge >= 0.3 is 0 Å². The van der Waals surface area contributed by atoms with Crippen molar-refractivity contribution in [3.05, 3.63) is 23.8 Å². The number of hydrogen-bond donors (Lipinski definition) is 1. The van der Waals surface area contributed by atoms with Crippen LogP contribution < -0.4 is 10.2 Å². The number of rotatable bonds is 4. The number of sulfonamides is 1. The predicted molar refractivity (Wildman–Crippen MR) is 103 cm³/mol. The first-order valence-corrected chi connectivity index (χ1v) is 10.7. The number of nitrogens with zero attached hydrogens (tertiary/aromatic N) is 2. The van der Waals surface area contributed by atoms with Gasteiger partial charge in [0.2, 0.25) is 10.0 Å². The Morgan fingerprint density at radius 2 is 1.80 bits per heavy atom. The smallest absolute Gasteiger partial charge is 0.243 e. The van der Waals surface area contributed by atoms with E-state index >= 15 is 0 Å². The maximum Gasteiger partial charge on any atom is 0.243 e. The highest BCUT2D eigenvalue weighted by Crippen LogP contribution is 2.33. The first kappa shape index (κ1) is 19.0. The molecule has 1 aromatic rings. The van der Waals surface area contributed by atoms with E-state index in [1.807, 2.05) is 12.1 Å². The second-order valence-electron chi connectivity index (χ2n) is 7.29. The Kier molecular flexibility index (Phi) is 5.93. The fourth-order valence-corrected chi connectivity index (χ4v) is 5.77. The molecule has 2 saturated heterocycles. The lowest BCUT2D eigenvalue weighted by molar-refractivity contribution is 0.375. The Morgan fingerprint density at radius 3 is 2.52 bits per heavy atom. The van der Waals surface area contributed by atoms with Crippen LogP contribution in [-0.4, -0.2) is 52.0 Å². The van der Waals surface area contributed by atoms with Gasteiger partial charge in [0.05, 0.1) is 4.90 Å². The van der Waals surface area contributed by atoms with E-state index in [-0.39, 0.29) is 12.4 Å². The van der Waals surface area contributed by atoms with E-state index in [2.05, 4.69) is 10.2 Å². The molecule has 0 amide bonds. The Morgan fingerprint density at radius 1 is 1.08 bits per heavy atom.